The number of imidazole rings is 1. The van der Waals surface area contributed by atoms with E-state index in [0.717, 1.165) is 6.42 Å². The zero-order chi connectivity index (χ0) is 20.5. The summed E-state index contributed by atoms with van der Waals surface area (Å²) >= 11 is 0. The van der Waals surface area contributed by atoms with E-state index in [9.17, 15) is 8.42 Å². The Morgan fingerprint density at radius 2 is 1.96 bits per heavy atom. The smallest absolute Gasteiger partial charge is 0.238 e. The van der Waals surface area contributed by atoms with E-state index in [1.54, 1.807) is 23.9 Å². The van der Waals surface area contributed by atoms with Crippen LogP contribution < -0.4 is 10.5 Å². The van der Waals surface area contributed by atoms with Crippen molar-refractivity contribution in [2.45, 2.75) is 38.0 Å². The lowest BCUT2D eigenvalue weighted by Crippen LogP contribution is -2.14. The molecule has 0 aliphatic heterocycles. The molecule has 0 aliphatic rings. The number of anilines is 2. The van der Waals surface area contributed by atoms with E-state index in [4.69, 9.17) is 5.14 Å². The quantitative estimate of drug-likeness (QED) is 0.658. The van der Waals surface area contributed by atoms with Crippen LogP contribution in [0.25, 0.3) is 11.3 Å². The predicted molar refractivity (Wildman–Crippen MR) is 111 cm³/mol. The van der Waals surface area contributed by atoms with E-state index in [0.29, 0.717) is 34.2 Å². The molecule has 8 heteroatoms. The zero-order valence-corrected chi connectivity index (χ0v) is 17.3. The normalized spacial score (nSPS) is 12.8. The number of pyridine rings is 1. The molecule has 2 aromatic heterocycles. The second-order valence-corrected chi connectivity index (χ2v) is 8.52. The van der Waals surface area contributed by atoms with Crippen molar-refractivity contribution in [1.82, 2.24) is 14.5 Å². The molecular weight excluding hydrogens is 374 g/mol. The molecule has 0 fully saturated rings. The molecule has 1 aromatic carbocycles. The lowest BCUT2D eigenvalue weighted by molar-refractivity contribution is 0.597. The fraction of sp³-hybridized carbons (Fsp3) is 0.300. The van der Waals surface area contributed by atoms with Gasteiger partial charge in [0.15, 0.2) is 0 Å². The van der Waals surface area contributed by atoms with E-state index in [-0.39, 0.29) is 4.90 Å². The van der Waals surface area contributed by atoms with Crippen molar-refractivity contribution in [3.05, 3.63) is 54.1 Å². The molecule has 0 amide bonds. The molecule has 7 nitrogen and oxygen atoms in total. The molecule has 148 valence electrons. The number of benzene rings is 1. The minimum atomic E-state index is -3.84. The van der Waals surface area contributed by atoms with Gasteiger partial charge in [0.05, 0.1) is 16.9 Å². The van der Waals surface area contributed by atoms with E-state index in [1.807, 2.05) is 25.5 Å². The predicted octanol–water partition coefficient (Wildman–Crippen LogP) is 3.70. The van der Waals surface area contributed by atoms with Gasteiger partial charge in [-0.15, -0.1) is 0 Å². The van der Waals surface area contributed by atoms with Gasteiger partial charge in [0.2, 0.25) is 10.0 Å². The third-order valence-electron chi connectivity index (χ3n) is 4.91. The van der Waals surface area contributed by atoms with Crippen LogP contribution in [0.5, 0.6) is 0 Å². The van der Waals surface area contributed by atoms with Gasteiger partial charge in [-0.05, 0) is 48.6 Å². The fourth-order valence-electron chi connectivity index (χ4n) is 3.12. The summed E-state index contributed by atoms with van der Waals surface area (Å²) in [6, 6.07) is 7.18. The molecule has 0 saturated heterocycles. The summed E-state index contributed by atoms with van der Waals surface area (Å²) in [7, 11) is -1.98. The van der Waals surface area contributed by atoms with Crippen LogP contribution in [0.2, 0.25) is 0 Å². The molecule has 0 saturated carbocycles. The van der Waals surface area contributed by atoms with Crippen molar-refractivity contribution in [2.24, 2.45) is 12.2 Å². The highest BCUT2D eigenvalue weighted by Gasteiger charge is 2.20. The highest BCUT2D eigenvalue weighted by molar-refractivity contribution is 7.89. The molecule has 0 aliphatic carbocycles. The molecule has 0 spiro atoms. The average molecular weight is 400 g/mol. The monoisotopic (exact) mass is 399 g/mol. The van der Waals surface area contributed by atoms with Crippen LogP contribution in [0.1, 0.15) is 37.3 Å². The van der Waals surface area contributed by atoms with Crippen LogP contribution >= 0.6 is 0 Å². The summed E-state index contributed by atoms with van der Waals surface area (Å²) in [5.74, 6) is 1.12. The molecular formula is C20H25N5O2S. The second kappa shape index (κ2) is 7.73. The molecule has 0 radical (unpaired) electrons. The first-order valence-electron chi connectivity index (χ1n) is 9.08. The Kier molecular flexibility index (Phi) is 5.53. The summed E-state index contributed by atoms with van der Waals surface area (Å²) in [5, 5.41) is 8.67. The van der Waals surface area contributed by atoms with Gasteiger partial charge in [0, 0.05) is 30.7 Å². The van der Waals surface area contributed by atoms with Gasteiger partial charge in [-0.2, -0.15) is 0 Å². The standard InChI is InChI=1S/C20H25N5O2S/c1-5-13(2)15-6-9-19(22-10-15)24-16-7-8-18(28(21,26)27)14(3)20(16)17-11-25(4)12-23-17/h6-13H,5H2,1-4H3,(H,22,24)(H2,21,26,27)/t13-/m0/s1. The van der Waals surface area contributed by atoms with Crippen molar-refractivity contribution >= 4 is 21.5 Å². The topological polar surface area (TPSA) is 103 Å². The summed E-state index contributed by atoms with van der Waals surface area (Å²) < 4.78 is 25.7. The van der Waals surface area contributed by atoms with E-state index >= 15 is 0 Å². The van der Waals surface area contributed by atoms with Crippen molar-refractivity contribution in [1.29, 1.82) is 0 Å². The van der Waals surface area contributed by atoms with Gasteiger partial charge in [-0.25, -0.2) is 23.5 Å². The maximum atomic E-state index is 12.0. The molecule has 2 heterocycles. The SMILES string of the molecule is CC[C@H](C)c1ccc(Nc2ccc(S(N)(=O)=O)c(C)c2-c2cn(C)cn2)nc1. The number of aromatic nitrogens is 3. The summed E-state index contributed by atoms with van der Waals surface area (Å²) in [5.41, 5.74) is 3.78. The number of nitrogens with two attached hydrogens (primary N) is 1. The number of hydrogen-bond acceptors (Lipinski definition) is 5. The van der Waals surface area contributed by atoms with Gasteiger partial charge < -0.3 is 9.88 Å². The number of rotatable bonds is 6. The Bertz CT molecular complexity index is 1090. The third kappa shape index (κ3) is 4.07. The Balaban J connectivity index is 2.07. The van der Waals surface area contributed by atoms with Gasteiger partial charge in [-0.3, -0.25) is 0 Å². The molecule has 3 rings (SSSR count). The van der Waals surface area contributed by atoms with Crippen molar-refractivity contribution in [3.8, 4) is 11.3 Å². The zero-order valence-electron chi connectivity index (χ0n) is 16.5. The number of sulfonamides is 1. The van der Waals surface area contributed by atoms with Gasteiger partial charge in [-0.1, -0.05) is 19.9 Å². The Labute approximate surface area is 165 Å². The fourth-order valence-corrected chi connectivity index (χ4v) is 3.91. The van der Waals surface area contributed by atoms with Crippen LogP contribution in [-0.4, -0.2) is 23.0 Å². The molecule has 28 heavy (non-hydrogen) atoms. The summed E-state index contributed by atoms with van der Waals surface area (Å²) in [4.78, 5) is 8.97. The lowest BCUT2D eigenvalue weighted by Gasteiger charge is -2.16. The van der Waals surface area contributed by atoms with E-state index < -0.39 is 10.0 Å². The van der Waals surface area contributed by atoms with Gasteiger partial charge in [0.25, 0.3) is 0 Å². The maximum absolute atomic E-state index is 12.0. The van der Waals surface area contributed by atoms with Gasteiger partial charge >= 0.3 is 0 Å². The molecule has 1 atom stereocenters. The summed E-state index contributed by atoms with van der Waals surface area (Å²) in [6.45, 7) is 6.04. The number of nitrogens with zero attached hydrogens (tertiary/aromatic N) is 3. The molecule has 3 aromatic rings. The second-order valence-electron chi connectivity index (χ2n) is 6.99. The number of aryl methyl sites for hydroxylation is 1. The average Bonchev–Trinajstić information content (AvgIpc) is 3.06. The highest BCUT2D eigenvalue weighted by atomic mass is 32.2. The first-order valence-corrected chi connectivity index (χ1v) is 10.6. The molecule has 0 unspecified atom stereocenters. The van der Waals surface area contributed by atoms with Crippen LogP contribution in [0, 0.1) is 6.92 Å². The van der Waals surface area contributed by atoms with E-state index in [1.165, 1.54) is 11.6 Å². The van der Waals surface area contributed by atoms with Crippen molar-refractivity contribution < 1.29 is 8.42 Å². The number of hydrogen-bond donors (Lipinski definition) is 2. The number of primary sulfonamides is 1. The highest BCUT2D eigenvalue weighted by Crippen LogP contribution is 2.35. The molecule has 0 bridgehead atoms. The van der Waals surface area contributed by atoms with Crippen LogP contribution in [0.15, 0.2) is 47.9 Å². The van der Waals surface area contributed by atoms with Crippen LogP contribution in [-0.2, 0) is 17.1 Å². The first-order chi connectivity index (χ1) is 13.2. The van der Waals surface area contributed by atoms with Gasteiger partial charge in [0.1, 0.15) is 5.82 Å². The van der Waals surface area contributed by atoms with E-state index in [2.05, 4.69) is 35.2 Å². The van der Waals surface area contributed by atoms with Crippen LogP contribution in [0.3, 0.4) is 0 Å². The summed E-state index contributed by atoms with van der Waals surface area (Å²) in [6.07, 6.45) is 6.41. The van der Waals surface area contributed by atoms with Crippen molar-refractivity contribution in [2.75, 3.05) is 5.32 Å². The largest absolute Gasteiger partial charge is 0.340 e. The molecule has 3 N–H and O–H groups in total. The number of nitrogens with one attached hydrogen (secondary N) is 1. The maximum Gasteiger partial charge on any atom is 0.238 e. The lowest BCUT2D eigenvalue weighted by atomic mass is 10.0. The Morgan fingerprint density at radius 1 is 1.21 bits per heavy atom. The first kappa shape index (κ1) is 20.0. The van der Waals surface area contributed by atoms with Crippen molar-refractivity contribution in [3.63, 3.8) is 0 Å². The third-order valence-corrected chi connectivity index (χ3v) is 5.97. The minimum Gasteiger partial charge on any atom is -0.340 e. The Morgan fingerprint density at radius 3 is 2.50 bits per heavy atom. The van der Waals surface area contributed by atoms with Crippen LogP contribution in [0.4, 0.5) is 11.5 Å². The minimum absolute atomic E-state index is 0.0822. The Hall–Kier alpha value is -2.71.